The third-order valence-corrected chi connectivity index (χ3v) is 4.35. The highest BCUT2D eigenvalue weighted by molar-refractivity contribution is 5.39. The van der Waals surface area contributed by atoms with Gasteiger partial charge in [-0.05, 0) is 37.8 Å². The first-order chi connectivity index (χ1) is 10.3. The van der Waals surface area contributed by atoms with Crippen LogP contribution in [-0.4, -0.2) is 25.8 Å². The second-order valence-corrected chi connectivity index (χ2v) is 5.74. The fourth-order valence-corrected chi connectivity index (χ4v) is 3.21. The molecular weight excluding hydrogens is 262 g/mol. The molecule has 0 saturated heterocycles. The fraction of sp³-hybridized carbons (Fsp3) is 0.667. The largest absolute Gasteiger partial charge is 0.490 e. The average Bonchev–Trinajstić information content (AvgIpc) is 2.53. The lowest BCUT2D eigenvalue weighted by Crippen LogP contribution is -2.40. The van der Waals surface area contributed by atoms with Crippen LogP contribution in [0, 0.1) is 5.92 Å². The summed E-state index contributed by atoms with van der Waals surface area (Å²) in [6, 6.07) is 8.57. The van der Waals surface area contributed by atoms with Gasteiger partial charge in [-0.15, -0.1) is 0 Å². The zero-order chi connectivity index (χ0) is 14.9. The molecule has 0 aromatic heterocycles. The number of benzene rings is 1. The van der Waals surface area contributed by atoms with Crippen molar-refractivity contribution >= 4 is 0 Å². The highest BCUT2D eigenvalue weighted by Gasteiger charge is 2.22. The van der Waals surface area contributed by atoms with Crippen LogP contribution in [0.4, 0.5) is 0 Å². The first-order valence-electron chi connectivity index (χ1n) is 8.43. The van der Waals surface area contributed by atoms with Crippen molar-refractivity contribution in [2.75, 3.05) is 19.8 Å². The molecule has 21 heavy (non-hydrogen) atoms. The van der Waals surface area contributed by atoms with Gasteiger partial charge < -0.3 is 14.8 Å². The fourth-order valence-electron chi connectivity index (χ4n) is 3.21. The van der Waals surface area contributed by atoms with Gasteiger partial charge in [0.2, 0.25) is 0 Å². The van der Waals surface area contributed by atoms with Gasteiger partial charge in [-0.2, -0.15) is 0 Å². The maximum absolute atomic E-state index is 5.86. The molecule has 1 N–H and O–H groups in total. The molecule has 1 aliphatic rings. The standard InChI is InChI=1S/C18H29NO2/c1-3-15-9-5-6-10-16(15)19-13-14-21-18-12-8-7-11-17(18)20-4-2/h7-8,11-12,15-16,19H,3-6,9-10,13-14H2,1-2H3. The molecule has 1 saturated carbocycles. The lowest BCUT2D eigenvalue weighted by atomic mass is 9.83. The average molecular weight is 291 g/mol. The van der Waals surface area contributed by atoms with Gasteiger partial charge >= 0.3 is 0 Å². The summed E-state index contributed by atoms with van der Waals surface area (Å²) < 4.78 is 11.4. The van der Waals surface area contributed by atoms with Crippen LogP contribution >= 0.6 is 0 Å². The van der Waals surface area contributed by atoms with Gasteiger partial charge in [-0.3, -0.25) is 0 Å². The maximum atomic E-state index is 5.86. The molecule has 2 rings (SSSR count). The minimum Gasteiger partial charge on any atom is -0.490 e. The van der Waals surface area contributed by atoms with E-state index >= 15 is 0 Å². The van der Waals surface area contributed by atoms with Crippen molar-refractivity contribution in [3.8, 4) is 11.5 Å². The van der Waals surface area contributed by atoms with Gasteiger partial charge in [0.25, 0.3) is 0 Å². The SMILES string of the molecule is CCOc1ccccc1OCCNC1CCCCC1CC. The number of nitrogens with one attached hydrogen (secondary N) is 1. The minimum atomic E-state index is 0.666. The van der Waals surface area contributed by atoms with E-state index in [1.807, 2.05) is 31.2 Å². The van der Waals surface area contributed by atoms with E-state index in [1.165, 1.54) is 32.1 Å². The van der Waals surface area contributed by atoms with Crippen LogP contribution in [0.2, 0.25) is 0 Å². The molecule has 3 nitrogen and oxygen atoms in total. The topological polar surface area (TPSA) is 30.5 Å². The quantitative estimate of drug-likeness (QED) is 0.734. The van der Waals surface area contributed by atoms with Crippen LogP contribution in [0.15, 0.2) is 24.3 Å². The molecule has 0 aliphatic heterocycles. The van der Waals surface area contributed by atoms with Gasteiger partial charge in [0, 0.05) is 12.6 Å². The van der Waals surface area contributed by atoms with Crippen molar-refractivity contribution in [3.05, 3.63) is 24.3 Å². The number of para-hydroxylation sites is 2. The monoisotopic (exact) mass is 291 g/mol. The highest BCUT2D eigenvalue weighted by atomic mass is 16.5. The first kappa shape index (κ1) is 16.2. The Labute approximate surface area is 129 Å². The van der Waals surface area contributed by atoms with Gasteiger partial charge in [0.15, 0.2) is 11.5 Å². The molecule has 0 radical (unpaired) electrons. The number of ether oxygens (including phenoxy) is 2. The molecule has 1 aliphatic carbocycles. The summed E-state index contributed by atoms with van der Waals surface area (Å²) in [6.45, 7) is 6.56. The second-order valence-electron chi connectivity index (χ2n) is 5.74. The van der Waals surface area contributed by atoms with Crippen LogP contribution in [0.5, 0.6) is 11.5 Å². The van der Waals surface area contributed by atoms with E-state index in [0.717, 1.165) is 24.0 Å². The molecule has 118 valence electrons. The molecule has 2 atom stereocenters. The maximum Gasteiger partial charge on any atom is 0.161 e. The smallest absolute Gasteiger partial charge is 0.161 e. The Balaban J connectivity index is 1.74. The summed E-state index contributed by atoms with van der Waals surface area (Å²) in [4.78, 5) is 0. The molecule has 0 spiro atoms. The van der Waals surface area contributed by atoms with Gasteiger partial charge in [-0.25, -0.2) is 0 Å². The summed E-state index contributed by atoms with van der Waals surface area (Å²) in [5.74, 6) is 2.52. The van der Waals surface area contributed by atoms with Crippen LogP contribution in [-0.2, 0) is 0 Å². The lowest BCUT2D eigenvalue weighted by Gasteiger charge is -2.31. The summed E-state index contributed by atoms with van der Waals surface area (Å²) >= 11 is 0. The molecule has 1 fully saturated rings. The van der Waals surface area contributed by atoms with E-state index in [4.69, 9.17) is 9.47 Å². The van der Waals surface area contributed by atoms with E-state index in [0.29, 0.717) is 19.3 Å². The van der Waals surface area contributed by atoms with Crippen molar-refractivity contribution in [3.63, 3.8) is 0 Å². The Morgan fingerprint density at radius 2 is 1.76 bits per heavy atom. The Hall–Kier alpha value is -1.22. The zero-order valence-corrected chi connectivity index (χ0v) is 13.4. The van der Waals surface area contributed by atoms with Crippen LogP contribution in [0.3, 0.4) is 0 Å². The number of hydrogen-bond acceptors (Lipinski definition) is 3. The Kier molecular flexibility index (Phi) is 6.87. The zero-order valence-electron chi connectivity index (χ0n) is 13.4. The summed E-state index contributed by atoms with van der Waals surface area (Å²) in [5, 5.41) is 3.68. The number of hydrogen-bond donors (Lipinski definition) is 1. The van der Waals surface area contributed by atoms with Gasteiger partial charge in [0.1, 0.15) is 6.61 Å². The van der Waals surface area contributed by atoms with E-state index in [9.17, 15) is 0 Å². The second kappa shape index (κ2) is 8.93. The molecular formula is C18H29NO2. The van der Waals surface area contributed by atoms with Crippen LogP contribution in [0.1, 0.15) is 46.0 Å². The summed E-state index contributed by atoms with van der Waals surface area (Å²) in [7, 11) is 0. The van der Waals surface area contributed by atoms with Crippen molar-refractivity contribution in [2.24, 2.45) is 5.92 Å². The van der Waals surface area contributed by atoms with Crippen molar-refractivity contribution < 1.29 is 9.47 Å². The molecule has 0 amide bonds. The van der Waals surface area contributed by atoms with Crippen molar-refractivity contribution in [2.45, 2.75) is 52.0 Å². The van der Waals surface area contributed by atoms with Crippen LogP contribution in [0.25, 0.3) is 0 Å². The first-order valence-corrected chi connectivity index (χ1v) is 8.43. The predicted molar refractivity (Wildman–Crippen MR) is 87.1 cm³/mol. The Morgan fingerprint density at radius 1 is 1.05 bits per heavy atom. The summed E-state index contributed by atoms with van der Waals surface area (Å²) in [6.07, 6.45) is 6.74. The molecule has 0 bridgehead atoms. The lowest BCUT2D eigenvalue weighted by molar-refractivity contribution is 0.229. The van der Waals surface area contributed by atoms with Gasteiger partial charge in [0.05, 0.1) is 6.61 Å². The van der Waals surface area contributed by atoms with Crippen molar-refractivity contribution in [1.29, 1.82) is 0 Å². The van der Waals surface area contributed by atoms with Gasteiger partial charge in [-0.1, -0.05) is 38.3 Å². The molecule has 1 aromatic carbocycles. The molecule has 3 heteroatoms. The normalized spacial score (nSPS) is 22.0. The molecule has 2 unspecified atom stereocenters. The van der Waals surface area contributed by atoms with E-state index < -0.39 is 0 Å². The van der Waals surface area contributed by atoms with Crippen molar-refractivity contribution in [1.82, 2.24) is 5.32 Å². The van der Waals surface area contributed by atoms with E-state index in [1.54, 1.807) is 0 Å². The van der Waals surface area contributed by atoms with E-state index in [2.05, 4.69) is 12.2 Å². The third-order valence-electron chi connectivity index (χ3n) is 4.35. The Morgan fingerprint density at radius 3 is 2.48 bits per heavy atom. The van der Waals surface area contributed by atoms with Crippen LogP contribution < -0.4 is 14.8 Å². The number of rotatable bonds is 8. The molecule has 1 aromatic rings. The Bertz CT molecular complexity index is 408. The highest BCUT2D eigenvalue weighted by Crippen LogP contribution is 2.27. The minimum absolute atomic E-state index is 0.666. The van der Waals surface area contributed by atoms with E-state index in [-0.39, 0.29) is 0 Å². The predicted octanol–water partition coefficient (Wildman–Crippen LogP) is 4.02. The third kappa shape index (κ3) is 4.92. The summed E-state index contributed by atoms with van der Waals surface area (Å²) in [5.41, 5.74) is 0. The molecule has 0 heterocycles.